The van der Waals surface area contributed by atoms with Crippen LogP contribution in [0.5, 0.6) is 0 Å². The van der Waals surface area contributed by atoms with E-state index in [0.29, 0.717) is 18.6 Å². The van der Waals surface area contributed by atoms with Gasteiger partial charge in [-0.25, -0.2) is 13.2 Å². The van der Waals surface area contributed by atoms with E-state index < -0.39 is 29.4 Å². The van der Waals surface area contributed by atoms with Crippen LogP contribution in [0.4, 0.5) is 26.3 Å². The lowest BCUT2D eigenvalue weighted by molar-refractivity contribution is -0.139. The zero-order valence-corrected chi connectivity index (χ0v) is 17.1. The van der Waals surface area contributed by atoms with E-state index in [1.165, 1.54) is 31.2 Å². The zero-order valence-electron chi connectivity index (χ0n) is 16.3. The van der Waals surface area contributed by atoms with Crippen molar-refractivity contribution in [2.24, 2.45) is 0 Å². The number of allylic oxidation sites excluding steroid dienone is 1. The van der Waals surface area contributed by atoms with Crippen molar-refractivity contribution in [3.05, 3.63) is 75.9 Å². The van der Waals surface area contributed by atoms with Crippen LogP contribution < -0.4 is 0 Å². The summed E-state index contributed by atoms with van der Waals surface area (Å²) in [5, 5.41) is 0. The van der Waals surface area contributed by atoms with E-state index in [-0.39, 0.29) is 21.6 Å². The average Bonchev–Trinajstić information content (AvgIpc) is 2.59. The van der Waals surface area contributed by atoms with Crippen LogP contribution in [0.15, 0.2) is 42.5 Å². The van der Waals surface area contributed by atoms with Gasteiger partial charge in [0.05, 0.1) is 0 Å². The summed E-state index contributed by atoms with van der Waals surface area (Å²) in [6, 6.07) is 7.37. The van der Waals surface area contributed by atoms with Crippen molar-refractivity contribution in [3.8, 4) is 0 Å². The maximum absolute atomic E-state index is 14.8. The molecule has 156 valence electrons. The minimum Gasteiger partial charge on any atom is -0.207 e. The quantitative estimate of drug-likeness (QED) is 0.265. The highest BCUT2D eigenvalue weighted by Crippen LogP contribution is 2.40. The van der Waals surface area contributed by atoms with Crippen molar-refractivity contribution < 1.29 is 26.3 Å². The highest BCUT2D eigenvalue weighted by Gasteiger charge is 2.40. The van der Waals surface area contributed by atoms with Crippen molar-refractivity contribution in [2.75, 3.05) is 0 Å². The van der Waals surface area contributed by atoms with E-state index in [1.807, 2.05) is 0 Å². The highest BCUT2D eigenvalue weighted by molar-refractivity contribution is 7.80. The smallest absolute Gasteiger partial charge is 0.207 e. The predicted molar refractivity (Wildman–Crippen MR) is 107 cm³/mol. The number of hydrogen-bond donors (Lipinski definition) is 0. The highest BCUT2D eigenvalue weighted by atomic mass is 32.1. The lowest BCUT2D eigenvalue weighted by Crippen LogP contribution is -2.19. The second-order valence-electron chi connectivity index (χ2n) is 7.08. The number of rotatable bonds is 5. The van der Waals surface area contributed by atoms with Gasteiger partial charge in [-0.05, 0) is 55.2 Å². The first-order valence-corrected chi connectivity index (χ1v) is 9.17. The predicted octanol–water partition coefficient (Wildman–Crippen LogP) is 7.81. The lowest BCUT2D eigenvalue weighted by atomic mass is 9.92. The maximum Gasteiger partial charge on any atom is 0.399 e. The van der Waals surface area contributed by atoms with Crippen molar-refractivity contribution >= 4 is 22.9 Å². The van der Waals surface area contributed by atoms with Crippen molar-refractivity contribution in [1.29, 1.82) is 0 Å². The molecule has 2 aromatic carbocycles. The van der Waals surface area contributed by atoms with Crippen LogP contribution in [-0.2, 0) is 5.92 Å². The summed E-state index contributed by atoms with van der Waals surface area (Å²) in [7, 11) is 0. The summed E-state index contributed by atoms with van der Waals surface area (Å²) in [5.74, 6) is -6.77. The van der Waals surface area contributed by atoms with E-state index in [9.17, 15) is 26.3 Å². The minimum absolute atomic E-state index is 0.0607. The molecule has 0 nitrogen and oxygen atoms in total. The molecule has 0 aliphatic heterocycles. The number of benzene rings is 2. The molecule has 7 heteroatoms. The van der Waals surface area contributed by atoms with Gasteiger partial charge in [-0.2, -0.15) is 13.2 Å². The van der Waals surface area contributed by atoms with Gasteiger partial charge in [0, 0.05) is 22.9 Å². The van der Waals surface area contributed by atoms with Crippen LogP contribution in [-0.4, -0.2) is 11.0 Å². The second-order valence-corrected chi connectivity index (χ2v) is 7.69. The molecular weight excluding hydrogens is 410 g/mol. The van der Waals surface area contributed by atoms with E-state index >= 15 is 0 Å². The van der Waals surface area contributed by atoms with Crippen LogP contribution in [0.2, 0.25) is 0 Å². The molecule has 0 radical (unpaired) electrons. The Morgan fingerprint density at radius 1 is 0.966 bits per heavy atom. The van der Waals surface area contributed by atoms with Gasteiger partial charge in [0.15, 0.2) is 0 Å². The van der Waals surface area contributed by atoms with Crippen LogP contribution in [0, 0.1) is 13.8 Å². The van der Waals surface area contributed by atoms with Crippen molar-refractivity contribution in [1.82, 2.24) is 0 Å². The van der Waals surface area contributed by atoms with Gasteiger partial charge in [0.1, 0.15) is 11.7 Å². The van der Waals surface area contributed by atoms with E-state index in [2.05, 4.69) is 0 Å². The summed E-state index contributed by atoms with van der Waals surface area (Å²) in [4.78, 5) is 0.181. The summed E-state index contributed by atoms with van der Waals surface area (Å²) in [5.41, 5.74) is 0.494. The first kappa shape index (κ1) is 23.1. The fourth-order valence-corrected chi connectivity index (χ4v) is 3.12. The molecule has 0 aliphatic rings. The SMILES string of the molecule is CC(=S)c1ccc(/C(F)=C/C(c2ccc(C)c(C)c2)C(F)(F)F)cc1C(C)(F)F. The number of halogens is 6. The Labute approximate surface area is 171 Å². The summed E-state index contributed by atoms with van der Waals surface area (Å²) in [6.07, 6.45) is -4.33. The Kier molecular flexibility index (Phi) is 6.62. The van der Waals surface area contributed by atoms with Crippen LogP contribution in [0.1, 0.15) is 53.1 Å². The third kappa shape index (κ3) is 5.47. The topological polar surface area (TPSA) is 0 Å². The molecule has 0 saturated heterocycles. The second kappa shape index (κ2) is 8.30. The Morgan fingerprint density at radius 2 is 1.59 bits per heavy atom. The molecular formula is C22H20F6S. The summed E-state index contributed by atoms with van der Waals surface area (Å²) >= 11 is 4.94. The monoisotopic (exact) mass is 430 g/mol. The van der Waals surface area contributed by atoms with Gasteiger partial charge < -0.3 is 0 Å². The number of thiocarbonyl (C=S) groups is 1. The number of aryl methyl sites for hydroxylation is 2. The Morgan fingerprint density at radius 3 is 2.07 bits per heavy atom. The largest absolute Gasteiger partial charge is 0.399 e. The van der Waals surface area contributed by atoms with E-state index in [4.69, 9.17) is 12.2 Å². The molecule has 0 aromatic heterocycles. The molecule has 1 atom stereocenters. The third-order valence-corrected chi connectivity index (χ3v) is 4.92. The van der Waals surface area contributed by atoms with Crippen molar-refractivity contribution in [3.63, 3.8) is 0 Å². The molecule has 0 heterocycles. The lowest BCUT2D eigenvalue weighted by Gasteiger charge is -2.20. The molecule has 0 fully saturated rings. The van der Waals surface area contributed by atoms with Gasteiger partial charge in [0.2, 0.25) is 0 Å². The normalized spacial score (nSPS) is 14.1. The summed E-state index contributed by atoms with van der Waals surface area (Å²) in [6.45, 7) is 5.49. The molecule has 0 aliphatic carbocycles. The molecule has 29 heavy (non-hydrogen) atoms. The molecule has 0 bridgehead atoms. The van der Waals surface area contributed by atoms with E-state index in [0.717, 1.165) is 17.7 Å². The molecule has 2 rings (SSSR count). The van der Waals surface area contributed by atoms with Gasteiger partial charge in [-0.15, -0.1) is 0 Å². The molecule has 0 spiro atoms. The minimum atomic E-state index is -4.75. The maximum atomic E-state index is 14.8. The average molecular weight is 430 g/mol. The molecule has 0 amide bonds. The van der Waals surface area contributed by atoms with Gasteiger partial charge in [-0.1, -0.05) is 42.5 Å². The molecule has 1 unspecified atom stereocenters. The van der Waals surface area contributed by atoms with Gasteiger partial charge >= 0.3 is 6.18 Å². The van der Waals surface area contributed by atoms with Gasteiger partial charge in [0.25, 0.3) is 5.92 Å². The first-order chi connectivity index (χ1) is 13.2. The molecule has 0 saturated carbocycles. The summed E-state index contributed by atoms with van der Waals surface area (Å²) < 4.78 is 83.5. The number of hydrogen-bond acceptors (Lipinski definition) is 1. The molecule has 2 aromatic rings. The van der Waals surface area contributed by atoms with Crippen LogP contribution >= 0.6 is 12.2 Å². The fraction of sp³-hybridized carbons (Fsp3) is 0.318. The Balaban J connectivity index is 2.58. The zero-order chi connectivity index (χ0) is 22.1. The third-order valence-electron chi connectivity index (χ3n) is 4.70. The Hall–Kier alpha value is -2.15. The van der Waals surface area contributed by atoms with E-state index in [1.54, 1.807) is 13.8 Å². The van der Waals surface area contributed by atoms with Crippen molar-refractivity contribution in [2.45, 2.75) is 45.7 Å². The first-order valence-electron chi connectivity index (χ1n) is 8.76. The Bertz CT molecular complexity index is 951. The van der Waals surface area contributed by atoms with Crippen LogP contribution in [0.3, 0.4) is 0 Å². The standard InChI is InChI=1S/C22H20F6S/c1-12-5-6-15(9-13(12)2)18(22(26,27)28)11-20(23)16-7-8-17(14(3)29)19(10-16)21(4,24)25/h5-11,18H,1-4H3/b20-11-. The van der Waals surface area contributed by atoms with Gasteiger partial charge in [-0.3, -0.25) is 0 Å². The fourth-order valence-electron chi connectivity index (χ4n) is 2.94. The van der Waals surface area contributed by atoms with Crippen LogP contribution in [0.25, 0.3) is 5.83 Å². The number of alkyl halides is 5. The molecule has 0 N–H and O–H groups in total.